The van der Waals surface area contributed by atoms with E-state index in [0.29, 0.717) is 0 Å². The number of fused-ring (bicyclic) bond motifs is 3. The van der Waals surface area contributed by atoms with Gasteiger partial charge in [0.15, 0.2) is 0 Å². The van der Waals surface area contributed by atoms with Gasteiger partial charge in [-0.1, -0.05) is 70.7 Å². The zero-order valence-electron chi connectivity index (χ0n) is 25.5. The predicted octanol–water partition coefficient (Wildman–Crippen LogP) is 3.87. The molecule has 0 aromatic heterocycles. The van der Waals surface area contributed by atoms with Crippen LogP contribution in [0.2, 0.25) is 0 Å². The number of hydrogen-bond donors (Lipinski definition) is 0. The molecule has 0 nitrogen and oxygen atoms in total. The maximum Gasteiger partial charge on any atom is -0.172 e. The molecule has 42 heavy (non-hydrogen) atoms. The molecule has 5 aromatic carbocycles. The van der Waals surface area contributed by atoms with Crippen LogP contribution in [0.1, 0.15) is 74.9 Å². The van der Waals surface area contributed by atoms with Crippen molar-refractivity contribution in [3.8, 4) is 11.1 Å². The normalized spacial score (nSPS) is 11.2. The second kappa shape index (κ2) is 15.9. The minimum Gasteiger partial charge on any atom is -0.214 e. The maximum atomic E-state index is 3.55. The molecular formula is C39H40Cl2Hf-2. The van der Waals surface area contributed by atoms with Gasteiger partial charge < -0.3 is 24.8 Å². The van der Waals surface area contributed by atoms with Crippen LogP contribution < -0.4 is 24.8 Å². The van der Waals surface area contributed by atoms with Crippen LogP contribution in [0.5, 0.6) is 0 Å². The molecule has 0 fully saturated rings. The summed E-state index contributed by atoms with van der Waals surface area (Å²) in [6, 6.07) is 46.1. The molecule has 1 aliphatic rings. The quantitative estimate of drug-likeness (QED) is 0.186. The molecule has 5 aromatic rings. The summed E-state index contributed by atoms with van der Waals surface area (Å²) in [6.07, 6.45) is 1.03. The van der Waals surface area contributed by atoms with Crippen LogP contribution in [0.25, 0.3) is 11.1 Å². The van der Waals surface area contributed by atoms with Crippen LogP contribution in [0.3, 0.4) is 0 Å². The van der Waals surface area contributed by atoms with Gasteiger partial charge in [0.1, 0.15) is 0 Å². The van der Waals surface area contributed by atoms with Gasteiger partial charge in [-0.05, 0) is 23.0 Å². The minimum absolute atomic E-state index is 0. The molecule has 0 atom stereocenters. The van der Waals surface area contributed by atoms with Gasteiger partial charge >= 0.3 is 98.9 Å². The molecule has 0 bridgehead atoms. The summed E-state index contributed by atoms with van der Waals surface area (Å²) in [4.78, 5) is 0. The second-order valence-electron chi connectivity index (χ2n) is 12.4. The van der Waals surface area contributed by atoms with Crippen molar-refractivity contribution in [1.82, 2.24) is 0 Å². The topological polar surface area (TPSA) is 0 Å². The standard InChI is InChI=1S/C21H25.C13H10.C5H5.2ClH.Hf/c1-20(2,3)15-11-10-14-12-18-16(17(14)13-15)8-7-9-19(18)21(4,5)6;1-3-7-12(8-4-1)11-13-9-5-2-6-10-13;1-2-4-5-3-1;;;/h7-9,11,13H,12H2,1-6H3;1-10H;1-5H;2*1H;/q-1;;-1;;;+2/p-2. The SMILES string of the molecule is CC(C)(C)c1c[c-]c2c(c1)-c1cccc(C(C)(C)C)c1C2.[Cl-].[Cl-].[Hf+2]=[C](c1ccccc1)c1ccccc1.c1cc[cH-]c1. The van der Waals surface area contributed by atoms with E-state index in [-0.39, 0.29) is 35.6 Å². The molecule has 0 unspecified atom stereocenters. The monoisotopic (exact) mass is 758 g/mol. The Bertz CT molecular complexity index is 1460. The molecule has 6 rings (SSSR count). The summed E-state index contributed by atoms with van der Waals surface area (Å²) in [7, 11) is 0. The summed E-state index contributed by atoms with van der Waals surface area (Å²) >= 11 is 1.08. The number of benzene rings is 4. The molecule has 0 N–H and O–H groups in total. The molecule has 0 spiro atoms. The summed E-state index contributed by atoms with van der Waals surface area (Å²) in [5.41, 5.74) is 11.6. The number of hydrogen-bond acceptors (Lipinski definition) is 0. The summed E-state index contributed by atoms with van der Waals surface area (Å²) in [6.45, 7) is 13.7. The molecule has 0 aliphatic heterocycles. The maximum absolute atomic E-state index is 3.55. The van der Waals surface area contributed by atoms with Gasteiger partial charge in [0.2, 0.25) is 0 Å². The molecule has 0 heterocycles. The van der Waals surface area contributed by atoms with Crippen molar-refractivity contribution in [3.63, 3.8) is 0 Å². The van der Waals surface area contributed by atoms with Gasteiger partial charge in [-0.15, -0.1) is 5.56 Å². The Morgan fingerprint density at radius 2 is 1.21 bits per heavy atom. The smallest absolute Gasteiger partial charge is 0.172 e. The minimum atomic E-state index is 0. The van der Waals surface area contributed by atoms with Crippen LogP contribution in [0.4, 0.5) is 0 Å². The van der Waals surface area contributed by atoms with Crippen LogP contribution in [-0.4, -0.2) is 3.26 Å². The Balaban J connectivity index is 0.000000253. The third kappa shape index (κ3) is 9.27. The fourth-order valence-corrected chi connectivity index (χ4v) is 6.15. The fraction of sp³-hybridized carbons (Fsp3) is 0.231. The van der Waals surface area contributed by atoms with E-state index in [2.05, 4.69) is 139 Å². The average Bonchev–Trinajstić information content (AvgIpc) is 3.64. The van der Waals surface area contributed by atoms with E-state index in [1.165, 1.54) is 47.8 Å². The predicted molar refractivity (Wildman–Crippen MR) is 169 cm³/mol. The van der Waals surface area contributed by atoms with Crippen molar-refractivity contribution in [3.05, 3.63) is 161 Å². The molecule has 0 saturated heterocycles. The zero-order chi connectivity index (χ0) is 28.8. The first-order valence-corrected chi connectivity index (χ1v) is 15.9. The summed E-state index contributed by atoms with van der Waals surface area (Å²) in [5, 5.41) is 0. The van der Waals surface area contributed by atoms with Gasteiger partial charge in [0.05, 0.1) is 0 Å². The van der Waals surface area contributed by atoms with E-state index in [0.717, 1.165) is 30.3 Å². The fourth-order valence-electron chi connectivity index (χ4n) is 4.95. The second-order valence-corrected chi connectivity index (χ2v) is 14.2. The van der Waals surface area contributed by atoms with Gasteiger partial charge in [-0.2, -0.15) is 47.5 Å². The summed E-state index contributed by atoms with van der Waals surface area (Å²) in [5.74, 6) is 0. The van der Waals surface area contributed by atoms with E-state index < -0.39 is 0 Å². The zero-order valence-corrected chi connectivity index (χ0v) is 30.6. The number of rotatable bonds is 2. The van der Waals surface area contributed by atoms with Crippen LogP contribution >= 0.6 is 0 Å². The molecule has 0 amide bonds. The molecule has 0 saturated carbocycles. The molecule has 216 valence electrons. The molecular weight excluding hydrogens is 718 g/mol. The third-order valence-corrected chi connectivity index (χ3v) is 9.28. The van der Waals surface area contributed by atoms with E-state index in [1.807, 2.05) is 30.3 Å². The van der Waals surface area contributed by atoms with Gasteiger partial charge in [-0.25, -0.2) is 12.1 Å². The third-order valence-electron chi connectivity index (χ3n) is 7.20. The first-order chi connectivity index (χ1) is 19.1. The van der Waals surface area contributed by atoms with Crippen molar-refractivity contribution in [1.29, 1.82) is 0 Å². The largest absolute Gasteiger partial charge is 0.214 e. The van der Waals surface area contributed by atoms with Gasteiger partial charge in [0.25, 0.3) is 0 Å². The first-order valence-electron chi connectivity index (χ1n) is 14.1. The van der Waals surface area contributed by atoms with Crippen molar-refractivity contribution < 1.29 is 48.7 Å². The Kier molecular flexibility index (Phi) is 13.5. The Labute approximate surface area is 280 Å². The van der Waals surface area contributed by atoms with E-state index in [1.54, 1.807) is 0 Å². The Morgan fingerprint density at radius 3 is 1.67 bits per heavy atom. The average molecular weight is 758 g/mol. The van der Waals surface area contributed by atoms with Gasteiger partial charge in [0, 0.05) is 0 Å². The van der Waals surface area contributed by atoms with Crippen LogP contribution in [-0.2, 0) is 41.1 Å². The first kappa shape index (κ1) is 35.7. The van der Waals surface area contributed by atoms with E-state index in [9.17, 15) is 0 Å². The Morgan fingerprint density at radius 1 is 0.667 bits per heavy atom. The van der Waals surface area contributed by atoms with E-state index >= 15 is 0 Å². The van der Waals surface area contributed by atoms with Crippen LogP contribution in [0, 0.1) is 6.07 Å². The van der Waals surface area contributed by atoms with Crippen molar-refractivity contribution in [2.24, 2.45) is 0 Å². The van der Waals surface area contributed by atoms with Crippen molar-refractivity contribution in [2.45, 2.75) is 58.8 Å². The van der Waals surface area contributed by atoms with E-state index in [4.69, 9.17) is 0 Å². The molecule has 3 heteroatoms. The Hall–Kier alpha value is -2.45. The number of halogens is 2. The molecule has 0 radical (unpaired) electrons. The van der Waals surface area contributed by atoms with Crippen LogP contribution in [0.15, 0.2) is 121 Å². The van der Waals surface area contributed by atoms with Gasteiger partial charge in [-0.3, -0.25) is 0 Å². The van der Waals surface area contributed by atoms with Crippen molar-refractivity contribution >= 4 is 3.26 Å². The molecule has 1 aliphatic carbocycles. The summed E-state index contributed by atoms with van der Waals surface area (Å²) < 4.78 is 1.46. The van der Waals surface area contributed by atoms with Crippen molar-refractivity contribution in [2.75, 3.05) is 0 Å².